The Hall–Kier alpha value is -2.82. The number of aliphatic hydroxyl groups is 6. The fraction of sp³-hybridized carbons (Fsp3) is 0.906. The summed E-state index contributed by atoms with van der Waals surface area (Å²) in [7, 11) is -33.3. The topological polar surface area (TPSA) is 742 Å². The number of rotatable bonds is 32. The fourth-order valence-corrected chi connectivity index (χ4v) is 11.5. The van der Waals surface area contributed by atoms with Crippen LogP contribution in [0.15, 0.2) is 0 Å². The normalized spacial score (nSPS) is 38.8. The Bertz CT molecular complexity index is 3090. The molecule has 0 unspecified atom stereocenters. The van der Waals surface area contributed by atoms with Crippen molar-refractivity contribution in [2.75, 3.05) is 26.9 Å². The fourth-order valence-electron chi connectivity index (χ4n) is 8.87. The van der Waals surface area contributed by atoms with Crippen molar-refractivity contribution in [3.05, 3.63) is 0 Å². The number of hydrogen-bond donors (Lipinski definition) is 18. The second-order valence-electron chi connectivity index (χ2n) is 18.2. The third-order valence-electron chi connectivity index (χ3n) is 12.4. The van der Waals surface area contributed by atoms with Gasteiger partial charge in [-0.05, 0) is 10.1 Å². The molecule has 0 aliphatic carbocycles. The lowest BCUT2D eigenvalue weighted by atomic mass is 9.94. The molecule has 0 aromatic heterocycles. The average Bonchev–Trinajstić information content (AvgIpc) is 2.47. The SMILES string of the molecule is CO[C@H]1O[C@H](COS(=O)(=O)O)[C@@H](O[C@@H]2O[C@@H](C(=O)O)[C@@H](O[C@H]3O[C@H](COS(=O)(=O)O)[C@@H](O[C@@H]4O[C@H](C(=O)O)[C@@H](O[C@H]5O[C@H](COS(=O)(=O)O)[C@@H](O)[C@H](O)[C@H]5NC=O)[C@H](O)[C@H]4O)[C@H](OOOOS)[C@H]3NS(=O)(=O)O)[C@H](O)[C@H]2OS(=O)(=O)O)[C@H](O)[C@H]1NS(=O)(=O)O. The van der Waals surface area contributed by atoms with Gasteiger partial charge in [0.05, 0.1) is 19.8 Å². The monoisotopic (exact) mass is 1450 g/mol. The predicted molar refractivity (Wildman–Crippen MR) is 257 cm³/mol. The molecule has 50 nitrogen and oxygen atoms in total. The molecule has 5 fully saturated rings. The van der Waals surface area contributed by atoms with Crippen molar-refractivity contribution in [1.29, 1.82) is 0 Å². The Kier molecular flexibility index (Phi) is 26.9. The lowest BCUT2D eigenvalue weighted by molar-refractivity contribution is -0.620. The van der Waals surface area contributed by atoms with Crippen molar-refractivity contribution >= 4 is 93.5 Å². The minimum Gasteiger partial charge on any atom is -0.479 e. The maximum Gasteiger partial charge on any atom is 0.397 e. The van der Waals surface area contributed by atoms with Crippen LogP contribution in [-0.4, -0.2) is 317 Å². The number of amides is 1. The van der Waals surface area contributed by atoms with Gasteiger partial charge in [-0.2, -0.15) is 64.8 Å². The Morgan fingerprint density at radius 1 is 0.461 bits per heavy atom. The van der Waals surface area contributed by atoms with Crippen LogP contribution < -0.4 is 14.8 Å². The number of carbonyl (C=O) groups excluding carboxylic acids is 1. The van der Waals surface area contributed by atoms with Gasteiger partial charge in [0, 0.05) is 20.0 Å². The number of hydrogen-bond acceptors (Lipinski definition) is 40. The molecule has 0 aromatic rings. The van der Waals surface area contributed by atoms with Crippen LogP contribution in [0.2, 0.25) is 0 Å². The van der Waals surface area contributed by atoms with Gasteiger partial charge in [0.1, 0.15) is 104 Å². The Morgan fingerprint density at radius 2 is 0.899 bits per heavy atom. The Morgan fingerprint density at radius 3 is 1.37 bits per heavy atom. The summed E-state index contributed by atoms with van der Waals surface area (Å²) in [6.07, 6.45) is -59.1. The molecule has 57 heteroatoms. The molecule has 5 rings (SSSR count). The predicted octanol–water partition coefficient (Wildman–Crippen LogP) is -12.6. The van der Waals surface area contributed by atoms with Crippen LogP contribution in [0.1, 0.15) is 0 Å². The quantitative estimate of drug-likeness (QED) is 0.00566. The number of carboxylic acids is 2. The highest BCUT2D eigenvalue weighted by molar-refractivity contribution is 7.84. The summed E-state index contributed by atoms with van der Waals surface area (Å²) in [5.41, 5.74) is 0. The second kappa shape index (κ2) is 31.2. The summed E-state index contributed by atoms with van der Waals surface area (Å²) >= 11 is 3.17. The molecule has 5 aliphatic rings. The third kappa shape index (κ3) is 21.9. The van der Waals surface area contributed by atoms with Crippen LogP contribution >= 0.6 is 12.9 Å². The van der Waals surface area contributed by atoms with Crippen LogP contribution in [0.3, 0.4) is 0 Å². The van der Waals surface area contributed by atoms with E-state index in [2.05, 4.69) is 44.1 Å². The molecule has 0 bridgehead atoms. The van der Waals surface area contributed by atoms with E-state index in [0.717, 1.165) is 7.11 Å². The third-order valence-corrected chi connectivity index (χ3v) is 15.4. The standard InChI is InChI=1S/C32H53N3O47S7/c1-65-28-10(34-84(47,48)49)14(39)18(7(70-28)3-67-87(56,57)58)72-32-23(79-89(62,63)64)17(42)22(25(77-32)27(45)46)75-30-11(35-85(50,51)52)20(78-80-81-82-83)19(8(71-30)4-68-88(59,60)61)73-31-16(41)15(40)21(24(76-31)26(43)44)74-29-9(33-5-36)13(38)12(37)6(69-29)2-66-86(53,54)55/h5-25,28-32,34-35,37-42,83H,2-4H2,1H3,(H,33,36)(H,43,44)(H,45,46)(H,47,48,49)(H,50,51,52)(H,53,54,55)(H,56,57,58)(H,59,60,61)(H,62,63,64)/t6-,7-,8-,9-,10-,11-,12-,13-,14-,15-,16-,17+,18-,19-,20-,21+,22+,23-,24+,25-,28+,29-,30-,31-,32-/m1/s1. The largest absolute Gasteiger partial charge is 0.479 e. The van der Waals surface area contributed by atoms with Gasteiger partial charge < -0.3 is 93.5 Å². The van der Waals surface area contributed by atoms with E-state index in [0.29, 0.717) is 0 Å². The first-order valence-electron chi connectivity index (χ1n) is 23.3. The zero-order valence-corrected chi connectivity index (χ0v) is 49.1. The highest BCUT2D eigenvalue weighted by Gasteiger charge is 2.61. The number of methoxy groups -OCH3 is 1. The molecule has 1 amide bonds. The van der Waals surface area contributed by atoms with Crippen molar-refractivity contribution < 1.29 is 216 Å². The van der Waals surface area contributed by atoms with E-state index in [-0.39, 0.29) is 6.41 Å². The van der Waals surface area contributed by atoms with Gasteiger partial charge in [-0.3, -0.25) is 32.1 Å². The van der Waals surface area contributed by atoms with Gasteiger partial charge in [0.2, 0.25) is 6.41 Å². The van der Waals surface area contributed by atoms with Gasteiger partial charge in [-0.15, -0.1) is 4.33 Å². The molecule has 5 saturated heterocycles. The van der Waals surface area contributed by atoms with Gasteiger partial charge in [0.25, 0.3) is 0 Å². The number of aliphatic hydroxyl groups excluding tert-OH is 6. The lowest BCUT2D eigenvalue weighted by Crippen LogP contribution is -2.71. The van der Waals surface area contributed by atoms with Gasteiger partial charge >= 0.3 is 74.1 Å². The smallest absolute Gasteiger partial charge is 0.397 e. The van der Waals surface area contributed by atoms with E-state index in [4.69, 9.17) is 56.8 Å². The molecule has 17 N–H and O–H groups in total. The molecular formula is C32H53N3O47S7. The summed E-state index contributed by atoms with van der Waals surface area (Å²) in [4.78, 5) is 42.3. The molecule has 520 valence electrons. The number of ether oxygens (including phenoxy) is 10. The van der Waals surface area contributed by atoms with E-state index in [9.17, 15) is 129 Å². The molecule has 0 aromatic carbocycles. The van der Waals surface area contributed by atoms with Gasteiger partial charge in [-0.1, -0.05) is 0 Å². The number of thiol groups is 1. The summed E-state index contributed by atoms with van der Waals surface area (Å²) in [5, 5.41) is 98.3. The van der Waals surface area contributed by atoms with E-state index in [1.165, 1.54) is 9.44 Å². The van der Waals surface area contributed by atoms with Crippen molar-refractivity contribution in [3.63, 3.8) is 0 Å². The zero-order chi connectivity index (χ0) is 67.3. The minimum absolute atomic E-state index is 0.142. The average molecular weight is 1460 g/mol. The van der Waals surface area contributed by atoms with E-state index < -0.39 is 247 Å². The minimum atomic E-state index is -6.09. The van der Waals surface area contributed by atoms with E-state index in [1.54, 1.807) is 0 Å². The molecule has 25 atom stereocenters. The van der Waals surface area contributed by atoms with E-state index >= 15 is 0 Å². The van der Waals surface area contributed by atoms with Crippen molar-refractivity contribution in [3.8, 4) is 0 Å². The van der Waals surface area contributed by atoms with Crippen LogP contribution in [0.5, 0.6) is 0 Å². The van der Waals surface area contributed by atoms with Gasteiger partial charge in [-0.25, -0.2) is 26.3 Å². The molecule has 89 heavy (non-hydrogen) atoms. The van der Waals surface area contributed by atoms with Crippen molar-refractivity contribution in [2.24, 2.45) is 0 Å². The number of carbonyl (C=O) groups is 3. The van der Waals surface area contributed by atoms with E-state index in [1.807, 2.05) is 5.32 Å². The lowest BCUT2D eigenvalue weighted by Gasteiger charge is -2.50. The first kappa shape index (κ1) is 76.9. The van der Waals surface area contributed by atoms with Crippen LogP contribution in [0, 0.1) is 0 Å². The van der Waals surface area contributed by atoms with Crippen molar-refractivity contribution in [1.82, 2.24) is 14.8 Å². The highest BCUT2D eigenvalue weighted by atomic mass is 32.3. The molecule has 0 saturated carbocycles. The maximum atomic E-state index is 13.0. The Balaban J connectivity index is 1.58. The highest BCUT2D eigenvalue weighted by Crippen LogP contribution is 2.38. The number of carboxylic acid groups (broad SMARTS) is 2. The summed E-state index contributed by atoms with van der Waals surface area (Å²) in [5.74, 6) is -4.64. The number of nitrogens with one attached hydrogen (secondary N) is 3. The Labute approximate surface area is 503 Å². The van der Waals surface area contributed by atoms with Crippen LogP contribution in [0.25, 0.3) is 0 Å². The summed E-state index contributed by atoms with van der Waals surface area (Å²) in [6, 6.07) is -7.21. The first-order valence-corrected chi connectivity index (χ1v) is 32.0. The van der Waals surface area contributed by atoms with Crippen LogP contribution in [-0.2, 0) is 160 Å². The van der Waals surface area contributed by atoms with Gasteiger partial charge in [0.15, 0.2) is 49.8 Å². The molecular weight excluding hydrogens is 1400 g/mol. The number of aliphatic carboxylic acids is 2. The van der Waals surface area contributed by atoms with Crippen molar-refractivity contribution in [2.45, 2.75) is 153 Å². The molecule has 5 aliphatic heterocycles. The molecule has 0 radical (unpaired) electrons. The maximum absolute atomic E-state index is 13.0. The first-order chi connectivity index (χ1) is 40.9. The summed E-state index contributed by atoms with van der Waals surface area (Å²) in [6.45, 7) is -4.65. The van der Waals surface area contributed by atoms with Crippen LogP contribution in [0.4, 0.5) is 0 Å². The molecule has 0 spiro atoms. The zero-order valence-electron chi connectivity index (χ0n) is 43.3. The molecule has 5 heterocycles. The summed E-state index contributed by atoms with van der Waals surface area (Å²) < 4.78 is 278. The second-order valence-corrected chi connectivity index (χ2v) is 25.0.